The Hall–Kier alpha value is -1.36. The molecule has 0 aromatic carbocycles. The van der Waals surface area contributed by atoms with Gasteiger partial charge in [0.2, 0.25) is 5.91 Å². The van der Waals surface area contributed by atoms with Crippen LogP contribution < -0.4 is 5.73 Å². The molecule has 2 N–H and O–H groups in total. The molecule has 1 aliphatic carbocycles. The number of hydrogen-bond acceptors (Lipinski definition) is 3. The average Bonchev–Trinajstić information content (AvgIpc) is 3.13. The van der Waals surface area contributed by atoms with Crippen molar-refractivity contribution in [2.45, 2.75) is 63.7 Å². The van der Waals surface area contributed by atoms with Gasteiger partial charge in [0, 0.05) is 36.8 Å². The molecular weight excluding hydrogens is 240 g/mol. The standard InChI is InChI=1S/C14H22N4O/c1-2-7-17-9-10(8-16-17)14-12(15)5-6-13(19)18(14)11-3-4-11/h8-9,11-12,14H,2-7,15H2,1H3. The third kappa shape index (κ3) is 2.39. The monoisotopic (exact) mass is 262 g/mol. The van der Waals surface area contributed by atoms with Crippen LogP contribution >= 0.6 is 0 Å². The van der Waals surface area contributed by atoms with Gasteiger partial charge in [0.25, 0.3) is 0 Å². The summed E-state index contributed by atoms with van der Waals surface area (Å²) in [6.45, 7) is 3.05. The summed E-state index contributed by atoms with van der Waals surface area (Å²) in [6.07, 6.45) is 8.62. The lowest BCUT2D eigenvalue weighted by Gasteiger charge is -2.39. The van der Waals surface area contributed by atoms with Gasteiger partial charge in [0.05, 0.1) is 12.2 Å². The molecule has 1 saturated heterocycles. The van der Waals surface area contributed by atoms with E-state index in [2.05, 4.69) is 18.2 Å². The van der Waals surface area contributed by atoms with E-state index in [1.54, 1.807) is 0 Å². The first-order valence-corrected chi connectivity index (χ1v) is 7.29. The maximum absolute atomic E-state index is 12.2. The lowest BCUT2D eigenvalue weighted by molar-refractivity contribution is -0.138. The molecule has 1 aromatic heterocycles. The van der Waals surface area contributed by atoms with E-state index in [0.29, 0.717) is 12.5 Å². The number of aryl methyl sites for hydroxylation is 1. The summed E-state index contributed by atoms with van der Waals surface area (Å²) in [7, 11) is 0. The zero-order valence-corrected chi connectivity index (χ0v) is 11.5. The molecule has 2 heterocycles. The van der Waals surface area contributed by atoms with Gasteiger partial charge in [0.15, 0.2) is 0 Å². The number of hydrogen-bond donors (Lipinski definition) is 1. The minimum atomic E-state index is 0.0272. The Labute approximate surface area is 113 Å². The number of aromatic nitrogens is 2. The molecule has 1 amide bonds. The van der Waals surface area contributed by atoms with Gasteiger partial charge < -0.3 is 10.6 Å². The molecular formula is C14H22N4O. The van der Waals surface area contributed by atoms with Gasteiger partial charge in [-0.15, -0.1) is 0 Å². The van der Waals surface area contributed by atoms with Crippen LogP contribution in [0.2, 0.25) is 0 Å². The number of likely N-dealkylation sites (tertiary alicyclic amines) is 1. The van der Waals surface area contributed by atoms with Crippen molar-refractivity contribution in [3.63, 3.8) is 0 Å². The van der Waals surface area contributed by atoms with Gasteiger partial charge >= 0.3 is 0 Å². The number of amides is 1. The second-order valence-corrected chi connectivity index (χ2v) is 5.72. The molecule has 2 atom stereocenters. The Morgan fingerprint density at radius 1 is 1.42 bits per heavy atom. The third-order valence-corrected chi connectivity index (χ3v) is 4.07. The predicted octanol–water partition coefficient (Wildman–Crippen LogP) is 1.45. The number of carbonyl (C=O) groups excluding carboxylic acids is 1. The molecule has 2 aliphatic rings. The molecule has 1 aliphatic heterocycles. The Kier molecular flexibility index (Phi) is 3.31. The van der Waals surface area contributed by atoms with Gasteiger partial charge in [0.1, 0.15) is 0 Å². The average molecular weight is 262 g/mol. The highest BCUT2D eigenvalue weighted by molar-refractivity contribution is 5.78. The van der Waals surface area contributed by atoms with E-state index in [4.69, 9.17) is 5.73 Å². The lowest BCUT2D eigenvalue weighted by Crippen LogP contribution is -2.49. The lowest BCUT2D eigenvalue weighted by atomic mass is 9.92. The normalized spacial score (nSPS) is 27.9. The predicted molar refractivity (Wildman–Crippen MR) is 72.3 cm³/mol. The molecule has 2 fully saturated rings. The molecule has 104 valence electrons. The Balaban J connectivity index is 1.86. The van der Waals surface area contributed by atoms with E-state index in [9.17, 15) is 4.79 Å². The topological polar surface area (TPSA) is 64.2 Å². The molecule has 0 spiro atoms. The highest BCUT2D eigenvalue weighted by atomic mass is 16.2. The second-order valence-electron chi connectivity index (χ2n) is 5.72. The van der Waals surface area contributed by atoms with E-state index in [1.807, 2.05) is 15.8 Å². The summed E-state index contributed by atoms with van der Waals surface area (Å²) < 4.78 is 1.95. The van der Waals surface area contributed by atoms with E-state index in [0.717, 1.165) is 37.8 Å². The van der Waals surface area contributed by atoms with Crippen LogP contribution in [0.3, 0.4) is 0 Å². The number of carbonyl (C=O) groups is 1. The highest BCUT2D eigenvalue weighted by Crippen LogP contribution is 2.39. The van der Waals surface area contributed by atoms with Gasteiger partial charge in [-0.25, -0.2) is 0 Å². The molecule has 1 saturated carbocycles. The zero-order chi connectivity index (χ0) is 13.4. The first-order chi connectivity index (χ1) is 9.20. The number of piperidine rings is 1. The van der Waals surface area contributed by atoms with Crippen LogP contribution in [0.1, 0.15) is 50.6 Å². The van der Waals surface area contributed by atoms with E-state index in [1.165, 1.54) is 0 Å². The number of nitrogens with zero attached hydrogens (tertiary/aromatic N) is 3. The Morgan fingerprint density at radius 2 is 2.21 bits per heavy atom. The van der Waals surface area contributed by atoms with Crippen molar-refractivity contribution in [2.75, 3.05) is 0 Å². The minimum Gasteiger partial charge on any atom is -0.331 e. The van der Waals surface area contributed by atoms with Gasteiger partial charge in [-0.1, -0.05) is 6.92 Å². The molecule has 3 rings (SSSR count). The molecule has 5 heteroatoms. The summed E-state index contributed by atoms with van der Waals surface area (Å²) >= 11 is 0. The van der Waals surface area contributed by atoms with Crippen LogP contribution in [0.15, 0.2) is 12.4 Å². The van der Waals surface area contributed by atoms with E-state index >= 15 is 0 Å². The number of nitrogens with two attached hydrogens (primary N) is 1. The first-order valence-electron chi connectivity index (χ1n) is 7.29. The summed E-state index contributed by atoms with van der Waals surface area (Å²) in [6, 6.07) is 0.482. The van der Waals surface area contributed by atoms with Crippen molar-refractivity contribution in [1.82, 2.24) is 14.7 Å². The zero-order valence-electron chi connectivity index (χ0n) is 11.5. The van der Waals surface area contributed by atoms with Crippen molar-refractivity contribution in [3.05, 3.63) is 18.0 Å². The van der Waals surface area contributed by atoms with Crippen LogP contribution in [-0.2, 0) is 11.3 Å². The SMILES string of the molecule is CCCn1cc(C2C(N)CCC(=O)N2C2CC2)cn1. The minimum absolute atomic E-state index is 0.0272. The van der Waals surface area contributed by atoms with Crippen LogP contribution in [0.4, 0.5) is 0 Å². The van der Waals surface area contributed by atoms with Crippen molar-refractivity contribution in [3.8, 4) is 0 Å². The summed E-state index contributed by atoms with van der Waals surface area (Å²) in [5, 5.41) is 4.38. The Bertz CT molecular complexity index is 466. The van der Waals surface area contributed by atoms with Crippen molar-refractivity contribution >= 4 is 5.91 Å². The van der Waals surface area contributed by atoms with Crippen molar-refractivity contribution in [2.24, 2.45) is 5.73 Å². The molecule has 1 aromatic rings. The van der Waals surface area contributed by atoms with Gasteiger partial charge in [-0.2, -0.15) is 5.10 Å². The maximum Gasteiger partial charge on any atom is 0.223 e. The van der Waals surface area contributed by atoms with E-state index in [-0.39, 0.29) is 18.0 Å². The van der Waals surface area contributed by atoms with Crippen molar-refractivity contribution < 1.29 is 4.79 Å². The summed E-state index contributed by atoms with van der Waals surface area (Å²) in [5.74, 6) is 0.262. The fourth-order valence-corrected chi connectivity index (χ4v) is 3.01. The van der Waals surface area contributed by atoms with Crippen LogP contribution in [-0.4, -0.2) is 32.7 Å². The summed E-state index contributed by atoms with van der Waals surface area (Å²) in [5.41, 5.74) is 7.38. The molecule has 5 nitrogen and oxygen atoms in total. The van der Waals surface area contributed by atoms with E-state index < -0.39 is 0 Å². The van der Waals surface area contributed by atoms with Crippen LogP contribution in [0, 0.1) is 0 Å². The number of rotatable bonds is 4. The first kappa shape index (κ1) is 12.7. The molecule has 2 unspecified atom stereocenters. The van der Waals surface area contributed by atoms with Crippen LogP contribution in [0.25, 0.3) is 0 Å². The maximum atomic E-state index is 12.2. The molecule has 0 radical (unpaired) electrons. The second kappa shape index (κ2) is 4.96. The molecule has 19 heavy (non-hydrogen) atoms. The smallest absolute Gasteiger partial charge is 0.223 e. The summed E-state index contributed by atoms with van der Waals surface area (Å²) in [4.78, 5) is 14.2. The van der Waals surface area contributed by atoms with Gasteiger partial charge in [-0.05, 0) is 25.7 Å². The fraction of sp³-hybridized carbons (Fsp3) is 0.714. The Morgan fingerprint density at radius 3 is 2.89 bits per heavy atom. The largest absolute Gasteiger partial charge is 0.331 e. The van der Waals surface area contributed by atoms with Gasteiger partial charge in [-0.3, -0.25) is 9.48 Å². The molecule has 0 bridgehead atoms. The fourth-order valence-electron chi connectivity index (χ4n) is 3.01. The third-order valence-electron chi connectivity index (χ3n) is 4.07. The van der Waals surface area contributed by atoms with Crippen LogP contribution in [0.5, 0.6) is 0 Å². The highest BCUT2D eigenvalue weighted by Gasteiger charge is 2.43. The quantitative estimate of drug-likeness (QED) is 0.893. The van der Waals surface area contributed by atoms with Crippen molar-refractivity contribution in [1.29, 1.82) is 0 Å².